The third-order valence-electron chi connectivity index (χ3n) is 4.02. The molecule has 0 fully saturated rings. The lowest BCUT2D eigenvalue weighted by atomic mass is 9.97. The largest absolute Gasteiger partial charge is 0.392 e. The van der Waals surface area contributed by atoms with Gasteiger partial charge in [-0.15, -0.1) is 0 Å². The lowest BCUT2D eigenvalue weighted by molar-refractivity contribution is 0.282. The van der Waals surface area contributed by atoms with E-state index in [1.807, 2.05) is 36.4 Å². The molecule has 0 saturated carbocycles. The molecule has 0 aliphatic carbocycles. The summed E-state index contributed by atoms with van der Waals surface area (Å²) in [6, 6.07) is 11.5. The van der Waals surface area contributed by atoms with Gasteiger partial charge in [0.2, 0.25) is 0 Å². The highest BCUT2D eigenvalue weighted by Gasteiger charge is 2.18. The van der Waals surface area contributed by atoms with E-state index >= 15 is 0 Å². The smallest absolute Gasteiger partial charge is 0.330 e. The topological polar surface area (TPSA) is 60.0 Å². The first-order valence-electron chi connectivity index (χ1n) is 8.06. The van der Waals surface area contributed by atoms with Crippen molar-refractivity contribution in [1.82, 2.24) is 14.1 Å². The van der Waals surface area contributed by atoms with Crippen LogP contribution in [0.1, 0.15) is 26.3 Å². The van der Waals surface area contributed by atoms with Gasteiger partial charge in [0.25, 0.3) is 0 Å². The van der Waals surface area contributed by atoms with E-state index in [1.54, 1.807) is 16.2 Å². The molecule has 0 bridgehead atoms. The van der Waals surface area contributed by atoms with E-state index in [-0.39, 0.29) is 17.7 Å². The number of imidazole rings is 1. The molecule has 24 heavy (non-hydrogen) atoms. The molecule has 1 N–H and O–H groups in total. The predicted octanol–water partition coefficient (Wildman–Crippen LogP) is 2.94. The fourth-order valence-electron chi connectivity index (χ4n) is 2.89. The summed E-state index contributed by atoms with van der Waals surface area (Å²) >= 11 is 0. The van der Waals surface area contributed by atoms with Gasteiger partial charge in [0, 0.05) is 19.2 Å². The van der Waals surface area contributed by atoms with Crippen molar-refractivity contribution in [2.24, 2.45) is 12.5 Å². The normalized spacial score (nSPS) is 12.0. The maximum Gasteiger partial charge on any atom is 0.330 e. The maximum atomic E-state index is 12.6. The fourth-order valence-corrected chi connectivity index (χ4v) is 2.89. The second-order valence-corrected chi connectivity index (χ2v) is 7.39. The van der Waals surface area contributed by atoms with Crippen LogP contribution in [0.4, 0.5) is 0 Å². The van der Waals surface area contributed by atoms with Gasteiger partial charge in [0.1, 0.15) is 0 Å². The van der Waals surface area contributed by atoms with E-state index in [0.717, 1.165) is 22.3 Å². The number of pyridine rings is 1. The van der Waals surface area contributed by atoms with Crippen LogP contribution in [0.3, 0.4) is 0 Å². The van der Waals surface area contributed by atoms with E-state index in [2.05, 4.69) is 20.8 Å². The Morgan fingerprint density at radius 3 is 2.58 bits per heavy atom. The highest BCUT2D eigenvalue weighted by Crippen LogP contribution is 2.23. The zero-order valence-corrected chi connectivity index (χ0v) is 14.6. The van der Waals surface area contributed by atoms with Crippen molar-refractivity contribution in [1.29, 1.82) is 0 Å². The van der Waals surface area contributed by atoms with Crippen molar-refractivity contribution in [2.45, 2.75) is 33.9 Å². The molecule has 2 aromatic heterocycles. The van der Waals surface area contributed by atoms with Gasteiger partial charge in [-0.05, 0) is 29.2 Å². The molecule has 2 heterocycles. The highest BCUT2D eigenvalue weighted by atomic mass is 16.3. The quantitative estimate of drug-likeness (QED) is 0.805. The van der Waals surface area contributed by atoms with Crippen LogP contribution in [0.2, 0.25) is 0 Å². The molecule has 0 radical (unpaired) electrons. The molecule has 3 aromatic rings. The molecular formula is C19H23N3O2. The average molecular weight is 325 g/mol. The Morgan fingerprint density at radius 2 is 1.92 bits per heavy atom. The molecule has 0 atom stereocenters. The molecule has 0 unspecified atom stereocenters. The van der Waals surface area contributed by atoms with Gasteiger partial charge in [-0.25, -0.2) is 9.78 Å². The van der Waals surface area contributed by atoms with Crippen LogP contribution in [0.15, 0.2) is 41.2 Å². The lowest BCUT2D eigenvalue weighted by Crippen LogP contribution is -2.27. The maximum absolute atomic E-state index is 12.6. The SMILES string of the molecule is Cn1c(=O)n(CC(C)(C)C)c2ccc(-c3cccc(CO)c3)nc21. The zero-order valence-electron chi connectivity index (χ0n) is 14.6. The average Bonchev–Trinajstić information content (AvgIpc) is 2.78. The summed E-state index contributed by atoms with van der Waals surface area (Å²) in [6.07, 6.45) is 0. The summed E-state index contributed by atoms with van der Waals surface area (Å²) in [6.45, 7) is 6.97. The minimum absolute atomic E-state index is 0.00344. The van der Waals surface area contributed by atoms with Crippen LogP contribution in [-0.4, -0.2) is 19.2 Å². The molecule has 0 aliphatic rings. The van der Waals surface area contributed by atoms with Crippen molar-refractivity contribution in [3.05, 3.63) is 52.4 Å². The van der Waals surface area contributed by atoms with E-state index in [0.29, 0.717) is 12.2 Å². The minimum atomic E-state index is -0.0475. The van der Waals surface area contributed by atoms with Crippen LogP contribution in [0, 0.1) is 5.41 Å². The number of aliphatic hydroxyl groups excluding tert-OH is 1. The number of aliphatic hydroxyl groups is 1. The molecule has 0 amide bonds. The summed E-state index contributed by atoms with van der Waals surface area (Å²) in [5, 5.41) is 9.30. The first-order chi connectivity index (χ1) is 11.3. The van der Waals surface area contributed by atoms with E-state index in [1.165, 1.54) is 0 Å². The van der Waals surface area contributed by atoms with Crippen LogP contribution >= 0.6 is 0 Å². The van der Waals surface area contributed by atoms with Gasteiger partial charge < -0.3 is 5.11 Å². The van der Waals surface area contributed by atoms with Gasteiger partial charge in [-0.1, -0.05) is 39.0 Å². The molecule has 3 rings (SSSR count). The van der Waals surface area contributed by atoms with Gasteiger partial charge in [-0.3, -0.25) is 9.13 Å². The highest BCUT2D eigenvalue weighted by molar-refractivity contribution is 5.76. The van der Waals surface area contributed by atoms with Crippen molar-refractivity contribution in [2.75, 3.05) is 0 Å². The summed E-state index contributed by atoms with van der Waals surface area (Å²) in [7, 11) is 1.75. The van der Waals surface area contributed by atoms with Crippen LogP contribution in [0.5, 0.6) is 0 Å². The number of hydrogen-bond donors (Lipinski definition) is 1. The molecule has 126 valence electrons. The van der Waals surface area contributed by atoms with Crippen molar-refractivity contribution in [3.63, 3.8) is 0 Å². The number of benzene rings is 1. The van der Waals surface area contributed by atoms with Crippen molar-refractivity contribution in [3.8, 4) is 11.3 Å². The standard InChI is InChI=1S/C19H23N3O2/c1-19(2,3)12-22-16-9-8-15(20-17(16)21(4)18(22)24)14-7-5-6-13(10-14)11-23/h5-10,23H,11-12H2,1-4H3. The van der Waals surface area contributed by atoms with Gasteiger partial charge in [-0.2, -0.15) is 0 Å². The Kier molecular flexibility index (Phi) is 4.05. The summed E-state index contributed by atoms with van der Waals surface area (Å²) in [4.78, 5) is 17.3. The number of aryl methyl sites for hydroxylation is 1. The van der Waals surface area contributed by atoms with Gasteiger partial charge >= 0.3 is 5.69 Å². The molecule has 0 spiro atoms. The Labute approximate surface area is 141 Å². The Balaban J connectivity index is 2.15. The van der Waals surface area contributed by atoms with Gasteiger partial charge in [0.15, 0.2) is 5.65 Å². The number of fused-ring (bicyclic) bond motifs is 1. The van der Waals surface area contributed by atoms with E-state index < -0.39 is 0 Å². The Hall–Kier alpha value is -2.40. The Morgan fingerprint density at radius 1 is 1.17 bits per heavy atom. The molecule has 0 aliphatic heterocycles. The summed E-state index contributed by atoms with van der Waals surface area (Å²) in [5.41, 5.74) is 4.05. The number of rotatable bonds is 3. The predicted molar refractivity (Wildman–Crippen MR) is 95.8 cm³/mol. The second-order valence-electron chi connectivity index (χ2n) is 7.39. The van der Waals surface area contributed by atoms with Crippen LogP contribution in [0.25, 0.3) is 22.4 Å². The molecule has 0 saturated heterocycles. The number of hydrogen-bond acceptors (Lipinski definition) is 3. The first kappa shape index (κ1) is 16.5. The van der Waals surface area contributed by atoms with E-state index in [4.69, 9.17) is 4.98 Å². The summed E-state index contributed by atoms with van der Waals surface area (Å²) < 4.78 is 3.39. The molecule has 1 aromatic carbocycles. The first-order valence-corrected chi connectivity index (χ1v) is 8.06. The van der Waals surface area contributed by atoms with E-state index in [9.17, 15) is 9.90 Å². The molecular weight excluding hydrogens is 302 g/mol. The van der Waals surface area contributed by atoms with Crippen LogP contribution in [-0.2, 0) is 20.2 Å². The fraction of sp³-hybridized carbons (Fsp3) is 0.368. The van der Waals surface area contributed by atoms with Crippen molar-refractivity contribution >= 4 is 11.2 Å². The zero-order chi connectivity index (χ0) is 17.5. The van der Waals surface area contributed by atoms with Crippen molar-refractivity contribution < 1.29 is 5.11 Å². The number of aromatic nitrogens is 3. The number of nitrogens with zero attached hydrogens (tertiary/aromatic N) is 3. The minimum Gasteiger partial charge on any atom is -0.392 e. The lowest BCUT2D eigenvalue weighted by Gasteiger charge is -2.18. The third-order valence-corrected chi connectivity index (χ3v) is 4.02. The third kappa shape index (κ3) is 2.99. The molecule has 5 nitrogen and oxygen atoms in total. The monoisotopic (exact) mass is 325 g/mol. The Bertz CT molecular complexity index is 945. The van der Waals surface area contributed by atoms with Crippen LogP contribution < -0.4 is 5.69 Å². The molecule has 5 heteroatoms. The summed E-state index contributed by atoms with van der Waals surface area (Å²) in [5.74, 6) is 0. The second kappa shape index (κ2) is 5.91. The van der Waals surface area contributed by atoms with Gasteiger partial charge in [0.05, 0.1) is 17.8 Å².